The average Bonchev–Trinajstić information content (AvgIpc) is 2.61. The molecule has 1 N–H and O–H groups in total. The molecular formula is C19H21F3N2O3. The fourth-order valence-corrected chi connectivity index (χ4v) is 2.40. The van der Waals surface area contributed by atoms with Gasteiger partial charge in [0.2, 0.25) is 5.91 Å². The summed E-state index contributed by atoms with van der Waals surface area (Å²) in [4.78, 5) is 13.7. The van der Waals surface area contributed by atoms with Crippen LogP contribution in [0, 0.1) is 0 Å². The molecule has 0 unspecified atom stereocenters. The summed E-state index contributed by atoms with van der Waals surface area (Å²) in [6, 6.07) is 12.0. The zero-order valence-corrected chi connectivity index (χ0v) is 15.0. The van der Waals surface area contributed by atoms with Crippen molar-refractivity contribution in [2.75, 3.05) is 39.2 Å². The lowest BCUT2D eigenvalue weighted by Crippen LogP contribution is -2.33. The molecular weight excluding hydrogens is 361 g/mol. The number of carbonyl (C=O) groups is 1. The minimum Gasteiger partial charge on any atom is -0.493 e. The quantitative estimate of drug-likeness (QED) is 0.757. The number of ether oxygens (including phenoxy) is 2. The second-order valence-electron chi connectivity index (χ2n) is 5.83. The molecule has 0 spiro atoms. The van der Waals surface area contributed by atoms with E-state index in [4.69, 9.17) is 9.47 Å². The number of likely N-dealkylation sites (N-methyl/N-ethyl adjacent to an activating group) is 1. The summed E-state index contributed by atoms with van der Waals surface area (Å²) in [5.74, 6) is 0.644. The number of nitrogens with one attached hydrogen (secondary N) is 1. The third-order valence-corrected chi connectivity index (χ3v) is 3.72. The highest BCUT2D eigenvalue weighted by molar-refractivity contribution is 5.93. The second kappa shape index (κ2) is 9.27. The van der Waals surface area contributed by atoms with Gasteiger partial charge >= 0.3 is 6.18 Å². The lowest BCUT2D eigenvalue weighted by atomic mass is 10.1. The van der Waals surface area contributed by atoms with Gasteiger partial charge in [-0.05, 0) is 31.3 Å². The molecule has 27 heavy (non-hydrogen) atoms. The molecule has 0 atom stereocenters. The summed E-state index contributed by atoms with van der Waals surface area (Å²) in [6.45, 7) is 0.636. The van der Waals surface area contributed by atoms with Crippen molar-refractivity contribution in [1.29, 1.82) is 0 Å². The lowest BCUT2D eigenvalue weighted by molar-refractivity contribution is -0.137. The average molecular weight is 382 g/mol. The molecule has 0 saturated carbocycles. The Kier molecular flexibility index (Phi) is 7.06. The number of nitrogens with zero attached hydrogens (tertiary/aromatic N) is 1. The maximum atomic E-state index is 13.0. The van der Waals surface area contributed by atoms with Crippen molar-refractivity contribution < 1.29 is 27.4 Å². The topological polar surface area (TPSA) is 50.8 Å². The zero-order chi connectivity index (χ0) is 19.9. The number of carbonyl (C=O) groups excluding carboxylic acids is 1. The van der Waals surface area contributed by atoms with Crippen LogP contribution in [0.3, 0.4) is 0 Å². The van der Waals surface area contributed by atoms with Gasteiger partial charge in [0.25, 0.3) is 0 Å². The monoisotopic (exact) mass is 382 g/mol. The van der Waals surface area contributed by atoms with Gasteiger partial charge in [0.15, 0.2) is 11.5 Å². The van der Waals surface area contributed by atoms with E-state index in [0.717, 1.165) is 6.07 Å². The highest BCUT2D eigenvalue weighted by atomic mass is 19.4. The molecule has 8 heteroatoms. The van der Waals surface area contributed by atoms with Crippen LogP contribution < -0.4 is 14.8 Å². The number of rotatable bonds is 8. The molecule has 0 fully saturated rings. The first-order chi connectivity index (χ1) is 12.8. The Morgan fingerprint density at radius 3 is 2.37 bits per heavy atom. The van der Waals surface area contributed by atoms with Crippen LogP contribution in [0.5, 0.6) is 11.5 Å². The van der Waals surface area contributed by atoms with Crippen LogP contribution in [0.1, 0.15) is 5.56 Å². The summed E-state index contributed by atoms with van der Waals surface area (Å²) in [5, 5.41) is 2.31. The molecule has 0 aliphatic heterocycles. The van der Waals surface area contributed by atoms with E-state index in [1.807, 2.05) is 12.1 Å². The van der Waals surface area contributed by atoms with Crippen LogP contribution in [0.25, 0.3) is 0 Å². The third kappa shape index (κ3) is 6.18. The van der Waals surface area contributed by atoms with Crippen molar-refractivity contribution in [1.82, 2.24) is 4.90 Å². The van der Waals surface area contributed by atoms with E-state index in [2.05, 4.69) is 5.32 Å². The van der Waals surface area contributed by atoms with E-state index in [9.17, 15) is 18.0 Å². The number of methoxy groups -OCH3 is 1. The van der Waals surface area contributed by atoms with Gasteiger partial charge in [-0.25, -0.2) is 0 Å². The van der Waals surface area contributed by atoms with Crippen molar-refractivity contribution in [3.63, 3.8) is 0 Å². The van der Waals surface area contributed by atoms with Gasteiger partial charge in [0.05, 0.1) is 24.9 Å². The predicted octanol–water partition coefficient (Wildman–Crippen LogP) is 3.66. The molecule has 2 aromatic carbocycles. The molecule has 0 aromatic heterocycles. The molecule has 0 bridgehead atoms. The SMILES string of the molecule is COc1ccccc1OCCN(C)CC(=O)Nc1ccccc1C(F)(F)F. The molecule has 146 valence electrons. The van der Waals surface area contributed by atoms with Gasteiger partial charge in [0.1, 0.15) is 6.61 Å². The summed E-state index contributed by atoms with van der Waals surface area (Å²) in [6.07, 6.45) is -4.53. The highest BCUT2D eigenvalue weighted by Crippen LogP contribution is 2.34. The predicted molar refractivity (Wildman–Crippen MR) is 96.1 cm³/mol. The standard InChI is InChI=1S/C19H21F3N2O3/c1-24(11-12-27-17-10-6-5-9-16(17)26-2)13-18(25)23-15-8-4-3-7-14(15)19(20,21)22/h3-10H,11-13H2,1-2H3,(H,23,25). The van der Waals surface area contributed by atoms with E-state index in [1.165, 1.54) is 25.3 Å². The maximum Gasteiger partial charge on any atom is 0.418 e. The fraction of sp³-hybridized carbons (Fsp3) is 0.316. The highest BCUT2D eigenvalue weighted by Gasteiger charge is 2.33. The van der Waals surface area contributed by atoms with E-state index in [0.29, 0.717) is 24.7 Å². The molecule has 5 nitrogen and oxygen atoms in total. The second-order valence-corrected chi connectivity index (χ2v) is 5.83. The first-order valence-corrected chi connectivity index (χ1v) is 8.21. The van der Waals surface area contributed by atoms with Gasteiger partial charge in [-0.15, -0.1) is 0 Å². The van der Waals surface area contributed by atoms with Crippen molar-refractivity contribution in [2.24, 2.45) is 0 Å². The number of para-hydroxylation sites is 3. The Labute approximate surface area is 155 Å². The molecule has 0 aliphatic rings. The van der Waals surface area contributed by atoms with E-state index in [-0.39, 0.29) is 12.2 Å². The van der Waals surface area contributed by atoms with Crippen molar-refractivity contribution in [3.8, 4) is 11.5 Å². The lowest BCUT2D eigenvalue weighted by Gasteiger charge is -2.18. The number of amides is 1. The molecule has 2 aromatic rings. The van der Waals surface area contributed by atoms with E-state index in [1.54, 1.807) is 24.1 Å². The van der Waals surface area contributed by atoms with Gasteiger partial charge in [-0.1, -0.05) is 24.3 Å². The van der Waals surface area contributed by atoms with Crippen molar-refractivity contribution in [3.05, 3.63) is 54.1 Å². The summed E-state index contributed by atoms with van der Waals surface area (Å²) in [5.41, 5.74) is -1.13. The zero-order valence-electron chi connectivity index (χ0n) is 15.0. The smallest absolute Gasteiger partial charge is 0.418 e. The van der Waals surface area contributed by atoms with E-state index < -0.39 is 17.6 Å². The largest absolute Gasteiger partial charge is 0.493 e. The normalized spacial score (nSPS) is 11.3. The van der Waals surface area contributed by atoms with Crippen molar-refractivity contribution >= 4 is 11.6 Å². The van der Waals surface area contributed by atoms with E-state index >= 15 is 0 Å². The van der Waals surface area contributed by atoms with Crippen LogP contribution in [-0.4, -0.2) is 44.7 Å². The number of halogens is 3. The minimum absolute atomic E-state index is 0.0680. The number of hydrogen-bond acceptors (Lipinski definition) is 4. The number of benzene rings is 2. The van der Waals surface area contributed by atoms with Crippen LogP contribution in [0.15, 0.2) is 48.5 Å². The first-order valence-electron chi connectivity index (χ1n) is 8.21. The Balaban J connectivity index is 1.84. The summed E-state index contributed by atoms with van der Waals surface area (Å²) < 4.78 is 49.7. The number of alkyl halides is 3. The molecule has 1 amide bonds. The molecule has 0 heterocycles. The van der Waals surface area contributed by atoms with Crippen LogP contribution in [0.2, 0.25) is 0 Å². The van der Waals surface area contributed by atoms with Crippen LogP contribution in [0.4, 0.5) is 18.9 Å². The van der Waals surface area contributed by atoms with Crippen LogP contribution >= 0.6 is 0 Å². The van der Waals surface area contributed by atoms with Crippen LogP contribution in [-0.2, 0) is 11.0 Å². The minimum atomic E-state index is -4.53. The van der Waals surface area contributed by atoms with Gasteiger partial charge in [-0.3, -0.25) is 9.69 Å². The number of anilines is 1. The van der Waals surface area contributed by atoms with Gasteiger partial charge < -0.3 is 14.8 Å². The van der Waals surface area contributed by atoms with Crippen molar-refractivity contribution in [2.45, 2.75) is 6.18 Å². The molecule has 0 radical (unpaired) electrons. The first kappa shape index (κ1) is 20.6. The Morgan fingerprint density at radius 1 is 1.07 bits per heavy atom. The Hall–Kier alpha value is -2.74. The third-order valence-electron chi connectivity index (χ3n) is 3.72. The summed E-state index contributed by atoms with van der Waals surface area (Å²) in [7, 11) is 3.22. The van der Waals surface area contributed by atoms with Gasteiger partial charge in [-0.2, -0.15) is 13.2 Å². The molecule has 0 aliphatic carbocycles. The maximum absolute atomic E-state index is 13.0. The van der Waals surface area contributed by atoms with Gasteiger partial charge in [0, 0.05) is 6.54 Å². The molecule has 0 saturated heterocycles. The fourth-order valence-electron chi connectivity index (χ4n) is 2.40. The molecule has 2 rings (SSSR count). The summed E-state index contributed by atoms with van der Waals surface area (Å²) >= 11 is 0. The Bertz CT molecular complexity index is 766. The Morgan fingerprint density at radius 2 is 1.70 bits per heavy atom. The number of hydrogen-bond donors (Lipinski definition) is 1.